The van der Waals surface area contributed by atoms with Crippen LogP contribution in [0.25, 0.3) is 0 Å². The Balaban J connectivity index is 3.92. The Kier molecular flexibility index (Phi) is 4.03. The van der Waals surface area contributed by atoms with Crippen LogP contribution in [0.15, 0.2) is 0 Å². The number of carboxylic acid groups (broad SMARTS) is 1. The van der Waals surface area contributed by atoms with Crippen LogP contribution in [-0.2, 0) is 0 Å². The third-order valence-electron chi connectivity index (χ3n) is 1.41. The molecule has 12 heavy (non-hydrogen) atoms. The number of nitrogens with one attached hydrogen (secondary N) is 1. The number of rotatable bonds is 3. The summed E-state index contributed by atoms with van der Waals surface area (Å²) >= 11 is 0. The van der Waals surface area contributed by atoms with Crippen LogP contribution in [-0.4, -0.2) is 29.0 Å². The maximum Gasteiger partial charge on any atom is 0.404 e. The Labute approximate surface area is 72.6 Å². The summed E-state index contributed by atoms with van der Waals surface area (Å²) < 4.78 is 0. The highest BCUT2D eigenvalue weighted by atomic mass is 16.4. The largest absolute Gasteiger partial charge is 0.465 e. The quantitative estimate of drug-likeness (QED) is 0.600. The van der Waals surface area contributed by atoms with Crippen molar-refractivity contribution in [3.05, 3.63) is 0 Å². The molecule has 0 aliphatic heterocycles. The van der Waals surface area contributed by atoms with Crippen LogP contribution in [0, 0.1) is 5.41 Å². The van der Waals surface area contributed by atoms with Gasteiger partial charge in [0.15, 0.2) is 0 Å². The molecular weight excluding hydrogens is 158 g/mol. The summed E-state index contributed by atoms with van der Waals surface area (Å²) in [4.78, 5) is 10.2. The summed E-state index contributed by atoms with van der Waals surface area (Å²) in [7, 11) is 0. The van der Waals surface area contributed by atoms with Gasteiger partial charge in [0, 0.05) is 0 Å². The molecule has 4 nitrogen and oxygen atoms in total. The van der Waals surface area contributed by atoms with Crippen LogP contribution in [0.5, 0.6) is 0 Å². The standard InChI is InChI=1S/C8H17NO3/c1-8(2,3)4-6(5-10)9-7(11)12/h6,9-10H,4-5H2,1-3H3,(H,11,12). The van der Waals surface area contributed by atoms with E-state index in [1.165, 1.54) is 0 Å². The number of hydrogen-bond acceptors (Lipinski definition) is 2. The van der Waals surface area contributed by atoms with Crippen molar-refractivity contribution in [3.63, 3.8) is 0 Å². The van der Waals surface area contributed by atoms with E-state index in [0.717, 1.165) is 0 Å². The molecule has 0 saturated carbocycles. The Bertz CT molecular complexity index is 151. The number of amides is 1. The first-order chi connectivity index (χ1) is 5.35. The Morgan fingerprint density at radius 1 is 1.50 bits per heavy atom. The molecule has 0 heterocycles. The van der Waals surface area contributed by atoms with Gasteiger partial charge in [0.2, 0.25) is 0 Å². The van der Waals surface area contributed by atoms with Crippen LogP contribution < -0.4 is 5.32 Å². The lowest BCUT2D eigenvalue weighted by Gasteiger charge is -2.24. The van der Waals surface area contributed by atoms with Gasteiger partial charge in [-0.05, 0) is 11.8 Å². The summed E-state index contributed by atoms with van der Waals surface area (Å²) in [5.74, 6) is 0. The zero-order valence-corrected chi connectivity index (χ0v) is 7.79. The van der Waals surface area contributed by atoms with Crippen molar-refractivity contribution in [3.8, 4) is 0 Å². The molecule has 0 aromatic rings. The Morgan fingerprint density at radius 3 is 2.25 bits per heavy atom. The van der Waals surface area contributed by atoms with E-state index in [0.29, 0.717) is 6.42 Å². The summed E-state index contributed by atoms with van der Waals surface area (Å²) in [6.07, 6.45) is -0.450. The third-order valence-corrected chi connectivity index (χ3v) is 1.41. The van der Waals surface area contributed by atoms with Crippen molar-refractivity contribution in [2.75, 3.05) is 6.61 Å². The SMILES string of the molecule is CC(C)(C)CC(CO)NC(=O)O. The van der Waals surface area contributed by atoms with Gasteiger partial charge < -0.3 is 15.5 Å². The molecular formula is C8H17NO3. The maximum atomic E-state index is 10.2. The topological polar surface area (TPSA) is 69.6 Å². The molecule has 3 N–H and O–H groups in total. The van der Waals surface area contributed by atoms with Crippen molar-refractivity contribution in [2.45, 2.75) is 33.2 Å². The van der Waals surface area contributed by atoms with Crippen LogP contribution in [0.1, 0.15) is 27.2 Å². The van der Waals surface area contributed by atoms with Crippen LogP contribution in [0.4, 0.5) is 4.79 Å². The number of carbonyl (C=O) groups is 1. The smallest absolute Gasteiger partial charge is 0.404 e. The van der Waals surface area contributed by atoms with Crippen LogP contribution in [0.2, 0.25) is 0 Å². The van der Waals surface area contributed by atoms with Crippen molar-refractivity contribution in [2.24, 2.45) is 5.41 Å². The van der Waals surface area contributed by atoms with Crippen molar-refractivity contribution < 1.29 is 15.0 Å². The normalized spacial score (nSPS) is 14.0. The number of aliphatic hydroxyl groups excluding tert-OH is 1. The van der Waals surface area contributed by atoms with Crippen LogP contribution >= 0.6 is 0 Å². The fourth-order valence-electron chi connectivity index (χ4n) is 1.08. The van der Waals surface area contributed by atoms with Crippen molar-refractivity contribution in [1.82, 2.24) is 5.32 Å². The lowest BCUT2D eigenvalue weighted by Crippen LogP contribution is -2.39. The molecule has 0 rings (SSSR count). The molecule has 1 unspecified atom stereocenters. The lowest BCUT2D eigenvalue weighted by molar-refractivity contribution is 0.163. The molecule has 0 aromatic heterocycles. The van der Waals surface area contributed by atoms with Gasteiger partial charge in [0.1, 0.15) is 0 Å². The summed E-state index contributed by atoms with van der Waals surface area (Å²) in [5, 5.41) is 19.5. The summed E-state index contributed by atoms with van der Waals surface area (Å²) in [6.45, 7) is 5.85. The van der Waals surface area contributed by atoms with Crippen molar-refractivity contribution in [1.29, 1.82) is 0 Å². The van der Waals surface area contributed by atoms with E-state index < -0.39 is 6.09 Å². The second-order valence-corrected chi connectivity index (χ2v) is 4.09. The summed E-state index contributed by atoms with van der Waals surface area (Å²) in [5.41, 5.74) is 0.0237. The van der Waals surface area contributed by atoms with Gasteiger partial charge in [-0.3, -0.25) is 0 Å². The average molecular weight is 175 g/mol. The average Bonchev–Trinajstić information content (AvgIpc) is 1.82. The first kappa shape index (κ1) is 11.2. The van der Waals surface area contributed by atoms with Crippen LogP contribution in [0.3, 0.4) is 0 Å². The predicted octanol–water partition coefficient (Wildman–Crippen LogP) is 1.05. The highest BCUT2D eigenvalue weighted by Crippen LogP contribution is 2.20. The fourth-order valence-corrected chi connectivity index (χ4v) is 1.08. The van der Waals surface area contributed by atoms with Gasteiger partial charge >= 0.3 is 6.09 Å². The number of aliphatic hydroxyl groups is 1. The minimum atomic E-state index is -1.08. The minimum Gasteiger partial charge on any atom is -0.465 e. The van der Waals surface area contributed by atoms with Gasteiger partial charge in [-0.2, -0.15) is 0 Å². The van der Waals surface area contributed by atoms with E-state index in [2.05, 4.69) is 5.32 Å². The fraction of sp³-hybridized carbons (Fsp3) is 0.875. The van der Waals surface area contributed by atoms with Gasteiger partial charge in [-0.25, -0.2) is 4.79 Å². The van der Waals surface area contributed by atoms with Gasteiger partial charge in [-0.15, -0.1) is 0 Å². The molecule has 0 aliphatic rings. The van der Waals surface area contributed by atoms with Gasteiger partial charge in [-0.1, -0.05) is 20.8 Å². The van der Waals surface area contributed by atoms with Gasteiger partial charge in [0.25, 0.3) is 0 Å². The maximum absolute atomic E-state index is 10.2. The van der Waals surface area contributed by atoms with E-state index >= 15 is 0 Å². The first-order valence-corrected chi connectivity index (χ1v) is 3.95. The number of hydrogen-bond donors (Lipinski definition) is 3. The molecule has 1 atom stereocenters. The van der Waals surface area contributed by atoms with Crippen molar-refractivity contribution >= 4 is 6.09 Å². The second kappa shape index (κ2) is 4.30. The molecule has 0 aliphatic carbocycles. The lowest BCUT2D eigenvalue weighted by atomic mass is 9.88. The molecule has 0 fully saturated rings. The van der Waals surface area contributed by atoms with E-state index in [-0.39, 0.29) is 18.1 Å². The zero-order valence-electron chi connectivity index (χ0n) is 7.79. The molecule has 4 heteroatoms. The van der Waals surface area contributed by atoms with Gasteiger partial charge in [0.05, 0.1) is 12.6 Å². The molecule has 0 aromatic carbocycles. The molecule has 0 spiro atoms. The van der Waals surface area contributed by atoms with E-state index in [1.807, 2.05) is 20.8 Å². The molecule has 0 saturated heterocycles. The molecule has 0 radical (unpaired) electrons. The minimum absolute atomic E-state index is 0.0237. The summed E-state index contributed by atoms with van der Waals surface area (Å²) in [6, 6.07) is -0.359. The predicted molar refractivity (Wildman–Crippen MR) is 46.1 cm³/mol. The Morgan fingerprint density at radius 2 is 2.00 bits per heavy atom. The highest BCUT2D eigenvalue weighted by molar-refractivity contribution is 5.64. The monoisotopic (exact) mass is 175 g/mol. The third kappa shape index (κ3) is 5.97. The molecule has 72 valence electrons. The Hall–Kier alpha value is -0.770. The first-order valence-electron chi connectivity index (χ1n) is 3.95. The van der Waals surface area contributed by atoms with E-state index in [4.69, 9.17) is 10.2 Å². The highest BCUT2D eigenvalue weighted by Gasteiger charge is 2.19. The van der Waals surface area contributed by atoms with E-state index in [9.17, 15) is 4.79 Å². The van der Waals surface area contributed by atoms with E-state index in [1.54, 1.807) is 0 Å². The molecule has 1 amide bonds. The second-order valence-electron chi connectivity index (χ2n) is 4.09. The molecule has 0 bridgehead atoms. The zero-order chi connectivity index (χ0) is 9.78.